The fourth-order valence-electron chi connectivity index (χ4n) is 1.50. The van der Waals surface area contributed by atoms with Crippen LogP contribution in [-0.2, 0) is 0 Å². The highest BCUT2D eigenvalue weighted by Crippen LogP contribution is 2.18. The van der Waals surface area contributed by atoms with Crippen LogP contribution < -0.4 is 5.32 Å². The number of nitrogens with zero attached hydrogens (tertiary/aromatic N) is 1. The molecule has 1 heterocycles. The number of anilines is 1. The molecule has 6 heteroatoms. The molecular weight excluding hydrogens is 316 g/mol. The van der Waals surface area contributed by atoms with Crippen molar-refractivity contribution in [3.8, 4) is 0 Å². The Morgan fingerprint density at radius 2 is 2.28 bits per heavy atom. The van der Waals surface area contributed by atoms with E-state index in [0.29, 0.717) is 10.3 Å². The van der Waals surface area contributed by atoms with Gasteiger partial charge in [-0.25, -0.2) is 9.78 Å². The summed E-state index contributed by atoms with van der Waals surface area (Å²) < 4.78 is 0.672. The maximum Gasteiger partial charge on any atom is 0.339 e. The summed E-state index contributed by atoms with van der Waals surface area (Å²) in [5.41, 5.74) is 0.202. The van der Waals surface area contributed by atoms with Crippen molar-refractivity contribution in [3.63, 3.8) is 0 Å². The Morgan fingerprint density at radius 1 is 1.50 bits per heavy atom. The Labute approximate surface area is 120 Å². The maximum absolute atomic E-state index is 11.0. The van der Waals surface area contributed by atoms with Crippen LogP contribution in [0.5, 0.6) is 0 Å². The van der Waals surface area contributed by atoms with Gasteiger partial charge in [-0.05, 0) is 46.8 Å². The molecule has 0 aliphatic carbocycles. The third-order valence-corrected chi connectivity index (χ3v) is 3.53. The lowest BCUT2D eigenvalue weighted by Crippen LogP contribution is -2.09. The average molecular weight is 333 g/mol. The minimum atomic E-state index is -0.964. The molecule has 0 aliphatic heterocycles. The number of aromatic nitrogens is 1. The average Bonchev–Trinajstić information content (AvgIpc) is 2.35. The summed E-state index contributed by atoms with van der Waals surface area (Å²) in [4.78, 5) is 15.1. The Hall–Kier alpha value is -0.750. The van der Waals surface area contributed by atoms with Gasteiger partial charge < -0.3 is 10.4 Å². The zero-order valence-electron chi connectivity index (χ0n) is 10.3. The summed E-state index contributed by atoms with van der Waals surface area (Å²) in [6.07, 6.45) is 7.07. The van der Waals surface area contributed by atoms with E-state index in [0.717, 1.165) is 19.4 Å². The topological polar surface area (TPSA) is 62.2 Å². The maximum atomic E-state index is 11.0. The van der Waals surface area contributed by atoms with Gasteiger partial charge in [-0.3, -0.25) is 0 Å². The number of thioether (sulfide) groups is 1. The van der Waals surface area contributed by atoms with Crippen molar-refractivity contribution in [2.24, 2.45) is 0 Å². The highest BCUT2D eigenvalue weighted by molar-refractivity contribution is 9.10. The lowest BCUT2D eigenvalue weighted by Gasteiger charge is -2.08. The van der Waals surface area contributed by atoms with Crippen LogP contribution in [0.15, 0.2) is 16.7 Å². The smallest absolute Gasteiger partial charge is 0.339 e. The normalized spacial score (nSPS) is 10.3. The van der Waals surface area contributed by atoms with E-state index >= 15 is 0 Å². The summed E-state index contributed by atoms with van der Waals surface area (Å²) >= 11 is 5.07. The number of carboxylic acids is 1. The Bertz CT molecular complexity index is 402. The van der Waals surface area contributed by atoms with Crippen LogP contribution in [0.25, 0.3) is 0 Å². The Morgan fingerprint density at radius 3 is 2.94 bits per heavy atom. The minimum Gasteiger partial charge on any atom is -0.478 e. The molecule has 0 amide bonds. The predicted molar refractivity (Wildman–Crippen MR) is 79.6 cm³/mol. The van der Waals surface area contributed by atoms with E-state index < -0.39 is 5.97 Å². The van der Waals surface area contributed by atoms with E-state index in [1.165, 1.54) is 12.2 Å². The van der Waals surface area contributed by atoms with Crippen LogP contribution in [0.1, 0.15) is 29.6 Å². The first-order chi connectivity index (χ1) is 8.65. The molecule has 0 saturated carbocycles. The number of hydrogen-bond donors (Lipinski definition) is 2. The molecule has 2 N–H and O–H groups in total. The van der Waals surface area contributed by atoms with Crippen molar-refractivity contribution < 1.29 is 9.90 Å². The van der Waals surface area contributed by atoms with Gasteiger partial charge in [-0.15, -0.1) is 0 Å². The van der Waals surface area contributed by atoms with Gasteiger partial charge in [0.2, 0.25) is 0 Å². The second kappa shape index (κ2) is 8.37. The number of nitrogens with one attached hydrogen (secondary N) is 1. The molecular formula is C12H17BrN2O2S. The molecule has 18 heavy (non-hydrogen) atoms. The number of halogens is 1. The van der Waals surface area contributed by atoms with Crippen molar-refractivity contribution in [2.45, 2.75) is 19.3 Å². The van der Waals surface area contributed by atoms with Gasteiger partial charge in [0.05, 0.1) is 0 Å². The first-order valence-corrected chi connectivity index (χ1v) is 7.95. The fraction of sp³-hybridized carbons (Fsp3) is 0.500. The SMILES string of the molecule is CSCCCCCNc1ncc(Br)cc1C(=O)O. The largest absolute Gasteiger partial charge is 0.478 e. The molecule has 4 nitrogen and oxygen atoms in total. The molecule has 1 rings (SSSR count). The van der Waals surface area contributed by atoms with E-state index in [4.69, 9.17) is 5.11 Å². The van der Waals surface area contributed by atoms with Gasteiger partial charge in [0.25, 0.3) is 0 Å². The molecule has 0 spiro atoms. The third kappa shape index (κ3) is 5.27. The van der Waals surface area contributed by atoms with Gasteiger partial charge in [0.1, 0.15) is 11.4 Å². The highest BCUT2D eigenvalue weighted by atomic mass is 79.9. The standard InChI is InChI=1S/C12H17BrN2O2S/c1-18-6-4-2-3-5-14-11-10(12(16)17)7-9(13)8-15-11/h7-8H,2-6H2,1H3,(H,14,15)(H,16,17). The molecule has 0 radical (unpaired) electrons. The van der Waals surface area contributed by atoms with E-state index in [1.54, 1.807) is 12.3 Å². The Balaban J connectivity index is 2.44. The minimum absolute atomic E-state index is 0.202. The van der Waals surface area contributed by atoms with Crippen LogP contribution in [0.3, 0.4) is 0 Å². The monoisotopic (exact) mass is 332 g/mol. The molecule has 1 aromatic rings. The van der Waals surface area contributed by atoms with Crippen LogP contribution in [0, 0.1) is 0 Å². The quantitative estimate of drug-likeness (QED) is 0.713. The second-order valence-electron chi connectivity index (χ2n) is 3.84. The lowest BCUT2D eigenvalue weighted by molar-refractivity contribution is 0.0697. The molecule has 0 aromatic carbocycles. The van der Waals surface area contributed by atoms with Crippen LogP contribution in [0.4, 0.5) is 5.82 Å². The van der Waals surface area contributed by atoms with Gasteiger partial charge in [0.15, 0.2) is 0 Å². The van der Waals surface area contributed by atoms with Gasteiger partial charge in [0, 0.05) is 17.2 Å². The van der Waals surface area contributed by atoms with Gasteiger partial charge >= 0.3 is 5.97 Å². The van der Waals surface area contributed by atoms with Crippen LogP contribution in [-0.4, -0.2) is 34.6 Å². The summed E-state index contributed by atoms with van der Waals surface area (Å²) in [5.74, 6) is 0.654. The number of hydrogen-bond acceptors (Lipinski definition) is 4. The summed E-state index contributed by atoms with van der Waals surface area (Å²) in [6.45, 7) is 0.753. The van der Waals surface area contributed by atoms with Crippen molar-refractivity contribution in [3.05, 3.63) is 22.3 Å². The number of carboxylic acid groups (broad SMARTS) is 1. The first kappa shape index (κ1) is 15.3. The lowest BCUT2D eigenvalue weighted by atomic mass is 10.2. The summed E-state index contributed by atoms with van der Waals surface area (Å²) in [5, 5.41) is 12.1. The number of aromatic carboxylic acids is 1. The third-order valence-electron chi connectivity index (χ3n) is 2.40. The van der Waals surface area contributed by atoms with Crippen molar-refractivity contribution in [1.82, 2.24) is 4.98 Å². The molecule has 0 fully saturated rings. The molecule has 0 aliphatic rings. The summed E-state index contributed by atoms with van der Waals surface area (Å²) in [7, 11) is 0. The van der Waals surface area contributed by atoms with Gasteiger partial charge in [-0.2, -0.15) is 11.8 Å². The molecule has 0 saturated heterocycles. The van der Waals surface area contributed by atoms with Crippen molar-refractivity contribution in [1.29, 1.82) is 0 Å². The van der Waals surface area contributed by atoms with E-state index in [2.05, 4.69) is 32.5 Å². The van der Waals surface area contributed by atoms with Crippen molar-refractivity contribution >= 4 is 39.5 Å². The van der Waals surface area contributed by atoms with E-state index in [-0.39, 0.29) is 5.56 Å². The number of carbonyl (C=O) groups is 1. The summed E-state index contributed by atoms with van der Waals surface area (Å²) in [6, 6.07) is 1.56. The number of pyridine rings is 1. The molecule has 0 bridgehead atoms. The van der Waals surface area contributed by atoms with Crippen molar-refractivity contribution in [2.75, 3.05) is 23.9 Å². The number of unbranched alkanes of at least 4 members (excludes halogenated alkanes) is 2. The molecule has 0 atom stereocenters. The highest BCUT2D eigenvalue weighted by Gasteiger charge is 2.11. The van der Waals surface area contributed by atoms with Gasteiger partial charge in [-0.1, -0.05) is 6.42 Å². The van der Waals surface area contributed by atoms with Crippen LogP contribution >= 0.6 is 27.7 Å². The molecule has 0 unspecified atom stereocenters. The first-order valence-electron chi connectivity index (χ1n) is 5.77. The second-order valence-corrected chi connectivity index (χ2v) is 5.74. The number of rotatable bonds is 8. The van der Waals surface area contributed by atoms with Crippen LogP contribution in [0.2, 0.25) is 0 Å². The fourth-order valence-corrected chi connectivity index (χ4v) is 2.32. The predicted octanol–water partition coefficient (Wildman–Crippen LogP) is 3.49. The zero-order chi connectivity index (χ0) is 13.4. The molecule has 100 valence electrons. The Kier molecular flexibility index (Phi) is 7.12. The van der Waals surface area contributed by atoms with E-state index in [9.17, 15) is 4.79 Å². The zero-order valence-corrected chi connectivity index (χ0v) is 12.7. The van der Waals surface area contributed by atoms with E-state index in [1.807, 2.05) is 11.8 Å². The molecule has 1 aromatic heterocycles.